The highest BCUT2D eigenvalue weighted by Gasteiger charge is 2.11. The molecule has 2 aromatic carbocycles. The summed E-state index contributed by atoms with van der Waals surface area (Å²) in [4.78, 5) is 14.9. The van der Waals surface area contributed by atoms with Gasteiger partial charge in [0.2, 0.25) is 5.91 Å². The summed E-state index contributed by atoms with van der Waals surface area (Å²) >= 11 is 4.92. The van der Waals surface area contributed by atoms with E-state index in [9.17, 15) is 4.79 Å². The summed E-state index contributed by atoms with van der Waals surface area (Å²) in [5.74, 6) is 0.463. The van der Waals surface area contributed by atoms with Crippen LogP contribution in [0.3, 0.4) is 0 Å². The average Bonchev–Trinajstić information content (AvgIpc) is 2.46. The number of benzene rings is 2. The van der Waals surface area contributed by atoms with Gasteiger partial charge in [-0.3, -0.25) is 4.79 Å². The second kappa shape index (κ2) is 6.81. The van der Waals surface area contributed by atoms with Crippen LogP contribution in [-0.4, -0.2) is 18.7 Å². The first-order chi connectivity index (χ1) is 9.56. The van der Waals surface area contributed by atoms with Gasteiger partial charge in [0.1, 0.15) is 0 Å². The van der Waals surface area contributed by atoms with Crippen LogP contribution < -0.4 is 10.6 Å². The average molecular weight is 351 g/mol. The standard InChI is InChI=1S/C15H15BrN2OS/c1-18(13-6-4-12(17)5-7-13)15(19)10-20-14-8-2-11(16)3-9-14/h2-9H,10,17H2,1H3. The summed E-state index contributed by atoms with van der Waals surface area (Å²) in [5.41, 5.74) is 7.18. The van der Waals surface area contributed by atoms with Gasteiger partial charge in [-0.1, -0.05) is 15.9 Å². The number of halogens is 1. The van der Waals surface area contributed by atoms with Gasteiger partial charge in [0, 0.05) is 27.8 Å². The molecule has 0 aliphatic heterocycles. The second-order valence-corrected chi connectivity index (χ2v) is 6.25. The number of nitrogen functional groups attached to an aromatic ring is 1. The highest BCUT2D eigenvalue weighted by molar-refractivity contribution is 9.10. The van der Waals surface area contributed by atoms with Crippen molar-refractivity contribution in [3.05, 3.63) is 53.0 Å². The fraction of sp³-hybridized carbons (Fsp3) is 0.133. The molecule has 0 spiro atoms. The van der Waals surface area contributed by atoms with E-state index in [1.54, 1.807) is 24.1 Å². The lowest BCUT2D eigenvalue weighted by molar-refractivity contribution is -0.115. The normalized spacial score (nSPS) is 10.3. The summed E-state index contributed by atoms with van der Waals surface area (Å²) in [6, 6.07) is 15.2. The number of rotatable bonds is 4. The van der Waals surface area contributed by atoms with Crippen LogP contribution in [0.25, 0.3) is 0 Å². The zero-order valence-electron chi connectivity index (χ0n) is 11.0. The van der Waals surface area contributed by atoms with Crippen molar-refractivity contribution in [3.8, 4) is 0 Å². The lowest BCUT2D eigenvalue weighted by atomic mass is 10.2. The third-order valence-electron chi connectivity index (χ3n) is 2.83. The molecular formula is C15H15BrN2OS. The highest BCUT2D eigenvalue weighted by Crippen LogP contribution is 2.22. The van der Waals surface area contributed by atoms with E-state index in [-0.39, 0.29) is 5.91 Å². The SMILES string of the molecule is CN(C(=O)CSc1ccc(Br)cc1)c1ccc(N)cc1. The van der Waals surface area contributed by atoms with E-state index in [0.717, 1.165) is 15.1 Å². The number of thioether (sulfide) groups is 1. The minimum Gasteiger partial charge on any atom is -0.399 e. The third-order valence-corrected chi connectivity index (χ3v) is 4.36. The summed E-state index contributed by atoms with van der Waals surface area (Å²) in [7, 11) is 1.77. The van der Waals surface area contributed by atoms with Crippen LogP contribution in [0.15, 0.2) is 57.9 Å². The number of nitrogens with two attached hydrogens (primary N) is 1. The van der Waals surface area contributed by atoms with E-state index in [4.69, 9.17) is 5.73 Å². The van der Waals surface area contributed by atoms with Crippen LogP contribution in [0.1, 0.15) is 0 Å². The summed E-state index contributed by atoms with van der Waals surface area (Å²) in [6.07, 6.45) is 0. The van der Waals surface area contributed by atoms with Crippen molar-refractivity contribution >= 4 is 45.0 Å². The molecule has 0 heterocycles. The van der Waals surface area contributed by atoms with Gasteiger partial charge in [0.05, 0.1) is 5.75 Å². The maximum absolute atomic E-state index is 12.1. The molecule has 0 fully saturated rings. The third kappa shape index (κ3) is 4.02. The number of amides is 1. The molecule has 0 radical (unpaired) electrons. The van der Waals surface area contributed by atoms with Crippen molar-refractivity contribution in [2.24, 2.45) is 0 Å². The van der Waals surface area contributed by atoms with Crippen LogP contribution in [0.2, 0.25) is 0 Å². The second-order valence-electron chi connectivity index (χ2n) is 4.29. The maximum Gasteiger partial charge on any atom is 0.237 e. The van der Waals surface area contributed by atoms with Crippen molar-refractivity contribution in [3.63, 3.8) is 0 Å². The van der Waals surface area contributed by atoms with Gasteiger partial charge < -0.3 is 10.6 Å². The fourth-order valence-electron chi connectivity index (χ4n) is 1.61. The summed E-state index contributed by atoms with van der Waals surface area (Å²) in [6.45, 7) is 0. The topological polar surface area (TPSA) is 46.3 Å². The molecule has 0 atom stereocenters. The molecule has 0 aliphatic carbocycles. The fourth-order valence-corrected chi connectivity index (χ4v) is 2.69. The van der Waals surface area contributed by atoms with Gasteiger partial charge >= 0.3 is 0 Å². The minimum absolute atomic E-state index is 0.0580. The molecule has 2 N–H and O–H groups in total. The Kier molecular flexibility index (Phi) is 5.09. The number of carbonyl (C=O) groups is 1. The van der Waals surface area contributed by atoms with Gasteiger partial charge in [-0.2, -0.15) is 0 Å². The molecular weight excluding hydrogens is 336 g/mol. The first kappa shape index (κ1) is 14.9. The van der Waals surface area contributed by atoms with Crippen molar-refractivity contribution in [1.29, 1.82) is 0 Å². The Hall–Kier alpha value is -1.46. The van der Waals surface area contributed by atoms with Crippen LogP contribution in [0.5, 0.6) is 0 Å². The number of nitrogens with zero attached hydrogens (tertiary/aromatic N) is 1. The zero-order chi connectivity index (χ0) is 14.5. The summed E-state index contributed by atoms with van der Waals surface area (Å²) < 4.78 is 1.03. The number of anilines is 2. The van der Waals surface area contributed by atoms with E-state index in [2.05, 4.69) is 15.9 Å². The lowest BCUT2D eigenvalue weighted by Gasteiger charge is -2.17. The molecule has 0 unspecified atom stereocenters. The monoisotopic (exact) mass is 350 g/mol. The van der Waals surface area contributed by atoms with Gasteiger partial charge in [0.25, 0.3) is 0 Å². The molecule has 0 aromatic heterocycles. The van der Waals surface area contributed by atoms with E-state index in [0.29, 0.717) is 11.4 Å². The number of hydrogen-bond acceptors (Lipinski definition) is 3. The Morgan fingerprint density at radius 2 is 1.75 bits per heavy atom. The van der Waals surface area contributed by atoms with Gasteiger partial charge in [-0.15, -0.1) is 11.8 Å². The van der Waals surface area contributed by atoms with Gasteiger partial charge in [-0.05, 0) is 48.5 Å². The molecule has 1 amide bonds. The quantitative estimate of drug-likeness (QED) is 0.674. The lowest BCUT2D eigenvalue weighted by Crippen LogP contribution is -2.27. The molecule has 0 saturated carbocycles. The largest absolute Gasteiger partial charge is 0.399 e. The molecule has 5 heteroatoms. The molecule has 2 rings (SSSR count). The maximum atomic E-state index is 12.1. The van der Waals surface area contributed by atoms with E-state index < -0.39 is 0 Å². The Morgan fingerprint density at radius 1 is 1.15 bits per heavy atom. The Bertz CT molecular complexity index is 584. The molecule has 104 valence electrons. The molecule has 0 saturated heterocycles. The van der Waals surface area contributed by atoms with Crippen molar-refractivity contribution in [2.75, 3.05) is 23.4 Å². The molecule has 3 nitrogen and oxygen atoms in total. The molecule has 0 bridgehead atoms. The number of carbonyl (C=O) groups excluding carboxylic acids is 1. The summed E-state index contributed by atoms with van der Waals surface area (Å²) in [5, 5.41) is 0. The predicted octanol–water partition coefficient (Wildman–Crippen LogP) is 3.79. The van der Waals surface area contributed by atoms with Gasteiger partial charge in [-0.25, -0.2) is 0 Å². The molecule has 2 aromatic rings. The van der Waals surface area contributed by atoms with Gasteiger partial charge in [0.15, 0.2) is 0 Å². The molecule has 0 aliphatic rings. The molecule has 20 heavy (non-hydrogen) atoms. The first-order valence-corrected chi connectivity index (χ1v) is 7.84. The van der Waals surface area contributed by atoms with Crippen molar-refractivity contribution in [1.82, 2.24) is 0 Å². The highest BCUT2D eigenvalue weighted by atomic mass is 79.9. The Morgan fingerprint density at radius 3 is 2.35 bits per heavy atom. The van der Waals surface area contributed by atoms with E-state index >= 15 is 0 Å². The van der Waals surface area contributed by atoms with Crippen molar-refractivity contribution < 1.29 is 4.79 Å². The van der Waals surface area contributed by atoms with Crippen LogP contribution >= 0.6 is 27.7 Å². The van der Waals surface area contributed by atoms with E-state index in [1.807, 2.05) is 36.4 Å². The van der Waals surface area contributed by atoms with Crippen LogP contribution in [0, 0.1) is 0 Å². The van der Waals surface area contributed by atoms with Crippen molar-refractivity contribution in [2.45, 2.75) is 4.90 Å². The smallest absolute Gasteiger partial charge is 0.237 e. The number of hydrogen-bond donors (Lipinski definition) is 1. The predicted molar refractivity (Wildman–Crippen MR) is 89.1 cm³/mol. The first-order valence-electron chi connectivity index (χ1n) is 6.07. The van der Waals surface area contributed by atoms with Crippen LogP contribution in [0.4, 0.5) is 11.4 Å². The van der Waals surface area contributed by atoms with E-state index in [1.165, 1.54) is 11.8 Å². The minimum atomic E-state index is 0.0580. The Labute approximate surface area is 131 Å². The van der Waals surface area contributed by atoms with Crippen LogP contribution in [-0.2, 0) is 4.79 Å². The zero-order valence-corrected chi connectivity index (χ0v) is 13.4. The Balaban J connectivity index is 1.94.